The molecule has 5 nitrogen and oxygen atoms in total. The molecule has 1 aromatic rings. The number of nitrogens with one attached hydrogen (secondary N) is 1. The lowest BCUT2D eigenvalue weighted by Crippen LogP contribution is -2.13. The molecule has 12 heavy (non-hydrogen) atoms. The SMILES string of the molecule is COCC(C)n1c(N)n[nH]c1=S. The highest BCUT2D eigenvalue weighted by Crippen LogP contribution is 2.10. The van der Waals surface area contributed by atoms with Gasteiger partial charge in [-0.15, -0.1) is 5.10 Å². The topological polar surface area (TPSA) is 68.9 Å². The number of nitrogens with zero attached hydrogens (tertiary/aromatic N) is 2. The maximum atomic E-state index is 5.57. The van der Waals surface area contributed by atoms with Crippen molar-refractivity contribution in [1.82, 2.24) is 14.8 Å². The van der Waals surface area contributed by atoms with Gasteiger partial charge in [0.2, 0.25) is 5.95 Å². The Morgan fingerprint density at radius 2 is 2.50 bits per heavy atom. The summed E-state index contributed by atoms with van der Waals surface area (Å²) in [4.78, 5) is 0. The van der Waals surface area contributed by atoms with Crippen LogP contribution >= 0.6 is 12.2 Å². The molecule has 0 bridgehead atoms. The van der Waals surface area contributed by atoms with Crippen LogP contribution in [0.1, 0.15) is 13.0 Å². The Morgan fingerprint density at radius 3 is 2.92 bits per heavy atom. The molecule has 0 saturated carbocycles. The van der Waals surface area contributed by atoms with Crippen molar-refractivity contribution in [3.8, 4) is 0 Å². The first-order chi connectivity index (χ1) is 5.66. The van der Waals surface area contributed by atoms with E-state index in [0.717, 1.165) is 0 Å². The Kier molecular flexibility index (Phi) is 2.83. The zero-order chi connectivity index (χ0) is 9.14. The normalized spacial score (nSPS) is 13.2. The number of aromatic nitrogens is 3. The number of methoxy groups -OCH3 is 1. The Bertz CT molecular complexity index is 305. The zero-order valence-electron chi connectivity index (χ0n) is 7.07. The van der Waals surface area contributed by atoms with Gasteiger partial charge >= 0.3 is 0 Å². The first-order valence-electron chi connectivity index (χ1n) is 3.58. The summed E-state index contributed by atoms with van der Waals surface area (Å²) in [5, 5.41) is 6.40. The van der Waals surface area contributed by atoms with Crippen molar-refractivity contribution in [2.45, 2.75) is 13.0 Å². The number of aromatic amines is 1. The van der Waals surface area contributed by atoms with Gasteiger partial charge in [-0.25, -0.2) is 5.10 Å². The minimum absolute atomic E-state index is 0.112. The fourth-order valence-corrected chi connectivity index (χ4v) is 1.38. The lowest BCUT2D eigenvalue weighted by Gasteiger charge is -2.11. The van der Waals surface area contributed by atoms with Crippen molar-refractivity contribution in [2.75, 3.05) is 19.5 Å². The number of rotatable bonds is 3. The third-order valence-electron chi connectivity index (χ3n) is 1.58. The van der Waals surface area contributed by atoms with Crippen molar-refractivity contribution in [1.29, 1.82) is 0 Å². The van der Waals surface area contributed by atoms with Crippen LogP contribution in [0.3, 0.4) is 0 Å². The smallest absolute Gasteiger partial charge is 0.220 e. The lowest BCUT2D eigenvalue weighted by molar-refractivity contribution is 0.162. The van der Waals surface area contributed by atoms with Crippen molar-refractivity contribution in [3.05, 3.63) is 4.77 Å². The molecule has 0 aromatic carbocycles. The minimum Gasteiger partial charge on any atom is -0.383 e. The summed E-state index contributed by atoms with van der Waals surface area (Å²) in [5.41, 5.74) is 5.57. The zero-order valence-corrected chi connectivity index (χ0v) is 7.89. The Labute approximate surface area is 75.5 Å². The van der Waals surface area contributed by atoms with E-state index in [9.17, 15) is 0 Å². The summed E-state index contributed by atoms with van der Waals surface area (Å²) in [7, 11) is 1.64. The predicted octanol–water partition coefficient (Wildman–Crippen LogP) is 0.730. The van der Waals surface area contributed by atoms with Gasteiger partial charge in [0.25, 0.3) is 0 Å². The molecule has 0 aliphatic carbocycles. The Hall–Kier alpha value is -0.880. The molecule has 1 atom stereocenters. The molecule has 3 N–H and O–H groups in total. The first-order valence-corrected chi connectivity index (χ1v) is 3.99. The number of anilines is 1. The third kappa shape index (κ3) is 1.64. The molecular weight excluding hydrogens is 176 g/mol. The van der Waals surface area contributed by atoms with Gasteiger partial charge in [-0.2, -0.15) is 0 Å². The van der Waals surface area contributed by atoms with Crippen LogP contribution in [0.2, 0.25) is 0 Å². The van der Waals surface area contributed by atoms with E-state index < -0.39 is 0 Å². The molecule has 0 aliphatic rings. The Balaban J connectivity index is 2.93. The maximum Gasteiger partial charge on any atom is 0.220 e. The average molecular weight is 188 g/mol. The predicted molar refractivity (Wildman–Crippen MR) is 48.4 cm³/mol. The van der Waals surface area contributed by atoms with Crippen molar-refractivity contribution in [2.24, 2.45) is 0 Å². The van der Waals surface area contributed by atoms with Gasteiger partial charge in [-0.05, 0) is 19.1 Å². The van der Waals surface area contributed by atoms with E-state index in [2.05, 4.69) is 10.2 Å². The summed E-state index contributed by atoms with van der Waals surface area (Å²) in [6.45, 7) is 2.53. The van der Waals surface area contributed by atoms with Gasteiger partial charge in [0.1, 0.15) is 0 Å². The number of nitrogens with two attached hydrogens (primary N) is 1. The highest BCUT2D eigenvalue weighted by atomic mass is 32.1. The number of nitrogen functional groups attached to an aromatic ring is 1. The van der Waals surface area contributed by atoms with Crippen LogP contribution in [-0.4, -0.2) is 28.5 Å². The minimum atomic E-state index is 0.112. The molecule has 68 valence electrons. The van der Waals surface area contributed by atoms with Gasteiger partial charge in [-0.1, -0.05) is 0 Å². The molecule has 0 saturated heterocycles. The largest absolute Gasteiger partial charge is 0.383 e. The van der Waals surface area contributed by atoms with E-state index >= 15 is 0 Å². The molecule has 1 heterocycles. The number of ether oxygens (including phenoxy) is 1. The summed E-state index contributed by atoms with van der Waals surface area (Å²) < 4.78 is 7.22. The van der Waals surface area contributed by atoms with E-state index in [0.29, 0.717) is 17.3 Å². The van der Waals surface area contributed by atoms with Crippen molar-refractivity contribution in [3.63, 3.8) is 0 Å². The molecular formula is C6H12N4OS. The first kappa shape index (κ1) is 9.21. The second-order valence-corrected chi connectivity index (χ2v) is 2.95. The molecule has 1 unspecified atom stereocenters. The van der Waals surface area contributed by atoms with Crippen LogP contribution < -0.4 is 5.73 Å². The molecule has 0 amide bonds. The number of hydrogen-bond donors (Lipinski definition) is 2. The molecule has 1 rings (SSSR count). The molecule has 6 heteroatoms. The van der Waals surface area contributed by atoms with Crippen molar-refractivity contribution < 1.29 is 4.74 Å². The number of hydrogen-bond acceptors (Lipinski definition) is 4. The summed E-state index contributed by atoms with van der Waals surface area (Å²) >= 11 is 4.97. The van der Waals surface area contributed by atoms with Crippen LogP contribution in [0, 0.1) is 4.77 Å². The van der Waals surface area contributed by atoms with E-state index in [1.54, 1.807) is 11.7 Å². The maximum absolute atomic E-state index is 5.57. The summed E-state index contributed by atoms with van der Waals surface area (Å²) in [6, 6.07) is 0.112. The lowest BCUT2D eigenvalue weighted by atomic mass is 10.4. The molecule has 0 spiro atoms. The third-order valence-corrected chi connectivity index (χ3v) is 1.87. The van der Waals surface area contributed by atoms with Gasteiger partial charge in [0, 0.05) is 7.11 Å². The Morgan fingerprint density at radius 1 is 1.83 bits per heavy atom. The summed E-state index contributed by atoms with van der Waals surface area (Å²) in [6.07, 6.45) is 0. The monoisotopic (exact) mass is 188 g/mol. The summed E-state index contributed by atoms with van der Waals surface area (Å²) in [5.74, 6) is 0.393. The van der Waals surface area contributed by atoms with Gasteiger partial charge in [0.15, 0.2) is 4.77 Å². The number of H-pyrrole nitrogens is 1. The fraction of sp³-hybridized carbons (Fsp3) is 0.667. The van der Waals surface area contributed by atoms with Crippen molar-refractivity contribution >= 4 is 18.2 Å². The van der Waals surface area contributed by atoms with Crippen LogP contribution in [-0.2, 0) is 4.74 Å². The van der Waals surface area contributed by atoms with E-state index in [4.69, 9.17) is 22.7 Å². The van der Waals surface area contributed by atoms with E-state index in [-0.39, 0.29) is 6.04 Å². The van der Waals surface area contributed by atoms with Gasteiger partial charge in [0.05, 0.1) is 12.6 Å². The standard InChI is InChI=1S/C6H12N4OS/c1-4(3-11-2)10-5(7)8-9-6(10)12/h4H,3H2,1-2H3,(H2,7,8)(H,9,12). The quantitative estimate of drug-likeness (QED) is 0.686. The van der Waals surface area contributed by atoms with Crippen LogP contribution in [0.4, 0.5) is 5.95 Å². The molecule has 0 radical (unpaired) electrons. The van der Waals surface area contributed by atoms with Crippen LogP contribution in [0.5, 0.6) is 0 Å². The van der Waals surface area contributed by atoms with Gasteiger partial charge < -0.3 is 10.5 Å². The van der Waals surface area contributed by atoms with E-state index in [1.165, 1.54) is 0 Å². The highest BCUT2D eigenvalue weighted by molar-refractivity contribution is 7.71. The van der Waals surface area contributed by atoms with E-state index in [1.807, 2.05) is 6.92 Å². The molecule has 0 aliphatic heterocycles. The van der Waals surface area contributed by atoms with Gasteiger partial charge in [-0.3, -0.25) is 4.57 Å². The molecule has 0 fully saturated rings. The second-order valence-electron chi connectivity index (χ2n) is 2.56. The van der Waals surface area contributed by atoms with Crippen LogP contribution in [0.25, 0.3) is 0 Å². The second kappa shape index (κ2) is 3.68. The van der Waals surface area contributed by atoms with Crippen LogP contribution in [0.15, 0.2) is 0 Å². The highest BCUT2D eigenvalue weighted by Gasteiger charge is 2.09. The fourth-order valence-electron chi connectivity index (χ4n) is 1.06. The average Bonchev–Trinajstić information content (AvgIpc) is 2.32. The molecule has 1 aromatic heterocycles.